The molecule has 0 bridgehead atoms. The number of methoxy groups -OCH3 is 1. The van der Waals surface area contributed by atoms with Gasteiger partial charge in [0.25, 0.3) is 0 Å². The van der Waals surface area contributed by atoms with Gasteiger partial charge in [0.1, 0.15) is 5.75 Å². The van der Waals surface area contributed by atoms with Gasteiger partial charge in [0.15, 0.2) is 0 Å². The highest BCUT2D eigenvalue weighted by Gasteiger charge is 2.15. The molecule has 0 radical (unpaired) electrons. The molecule has 27 heavy (non-hydrogen) atoms. The predicted octanol–water partition coefficient (Wildman–Crippen LogP) is 3.63. The molecule has 1 aliphatic rings. The van der Waals surface area contributed by atoms with E-state index in [0.29, 0.717) is 37.0 Å². The summed E-state index contributed by atoms with van der Waals surface area (Å²) in [5.41, 5.74) is 2.62. The quantitative estimate of drug-likeness (QED) is 0.757. The van der Waals surface area contributed by atoms with Gasteiger partial charge < -0.3 is 25.0 Å². The number of anilines is 3. The number of hydrogen-bond donors (Lipinski definition) is 2. The van der Waals surface area contributed by atoms with Crippen molar-refractivity contribution in [1.82, 2.24) is 0 Å². The van der Waals surface area contributed by atoms with E-state index in [-0.39, 0.29) is 5.91 Å². The Balaban J connectivity index is 1.56. The van der Waals surface area contributed by atoms with E-state index in [1.54, 1.807) is 25.3 Å². The fourth-order valence-electron chi connectivity index (χ4n) is 3.00. The zero-order chi connectivity index (χ0) is 19.1. The van der Waals surface area contributed by atoms with Crippen molar-refractivity contribution in [2.45, 2.75) is 6.42 Å². The van der Waals surface area contributed by atoms with E-state index in [4.69, 9.17) is 21.1 Å². The molecule has 0 saturated carbocycles. The zero-order valence-electron chi connectivity index (χ0n) is 15.3. The number of halogens is 1. The Labute approximate surface area is 164 Å². The summed E-state index contributed by atoms with van der Waals surface area (Å²) in [5.74, 6) is 0.640. The minimum Gasteiger partial charge on any atom is -0.495 e. The zero-order valence-corrected chi connectivity index (χ0v) is 16.1. The highest BCUT2D eigenvalue weighted by molar-refractivity contribution is 6.30. The molecule has 6 nitrogen and oxygen atoms in total. The van der Waals surface area contributed by atoms with E-state index < -0.39 is 0 Å². The molecule has 7 heteroatoms. The molecule has 1 aliphatic heterocycles. The Kier molecular flexibility index (Phi) is 6.79. The molecule has 1 saturated heterocycles. The summed E-state index contributed by atoms with van der Waals surface area (Å²) >= 11 is 6.03. The van der Waals surface area contributed by atoms with Crippen LogP contribution in [0.25, 0.3) is 0 Å². The van der Waals surface area contributed by atoms with Crippen LogP contribution in [0.4, 0.5) is 17.1 Å². The van der Waals surface area contributed by atoms with Crippen LogP contribution < -0.4 is 20.3 Å². The molecule has 144 valence electrons. The van der Waals surface area contributed by atoms with Gasteiger partial charge in [0.2, 0.25) is 5.91 Å². The summed E-state index contributed by atoms with van der Waals surface area (Å²) in [5, 5.41) is 6.83. The van der Waals surface area contributed by atoms with E-state index in [1.165, 1.54) is 0 Å². The fourth-order valence-corrected chi connectivity index (χ4v) is 3.17. The third-order valence-corrected chi connectivity index (χ3v) is 4.59. The number of ether oxygens (including phenoxy) is 2. The smallest absolute Gasteiger partial charge is 0.226 e. The average molecular weight is 390 g/mol. The number of rotatable bonds is 7. The lowest BCUT2D eigenvalue weighted by Crippen LogP contribution is -2.36. The maximum Gasteiger partial charge on any atom is 0.226 e. The Bertz CT molecular complexity index is 779. The third kappa shape index (κ3) is 5.28. The molecule has 1 heterocycles. The van der Waals surface area contributed by atoms with Gasteiger partial charge in [-0.1, -0.05) is 23.7 Å². The summed E-state index contributed by atoms with van der Waals surface area (Å²) in [6.07, 6.45) is 0.327. The number of nitrogens with zero attached hydrogens (tertiary/aromatic N) is 1. The van der Waals surface area contributed by atoms with Crippen molar-refractivity contribution in [3.63, 3.8) is 0 Å². The van der Waals surface area contributed by atoms with Crippen LogP contribution in [-0.4, -0.2) is 45.9 Å². The molecule has 3 rings (SSSR count). The van der Waals surface area contributed by atoms with Crippen molar-refractivity contribution in [3.05, 3.63) is 47.5 Å². The van der Waals surface area contributed by atoms with Crippen LogP contribution in [-0.2, 0) is 9.53 Å². The molecule has 2 aromatic rings. The molecule has 1 amide bonds. The van der Waals surface area contributed by atoms with Crippen LogP contribution in [0.2, 0.25) is 5.02 Å². The van der Waals surface area contributed by atoms with Crippen molar-refractivity contribution < 1.29 is 14.3 Å². The number of carbonyl (C=O) groups excluding carboxylic acids is 1. The topological polar surface area (TPSA) is 62.8 Å². The molecule has 1 fully saturated rings. The maximum absolute atomic E-state index is 12.4. The number of para-hydroxylation sites is 2. The lowest BCUT2D eigenvalue weighted by molar-refractivity contribution is -0.115. The van der Waals surface area contributed by atoms with E-state index >= 15 is 0 Å². The number of morpholine rings is 1. The Hall–Kier alpha value is -2.44. The van der Waals surface area contributed by atoms with Crippen LogP contribution in [0, 0.1) is 0 Å². The number of amides is 1. The Morgan fingerprint density at radius 2 is 1.96 bits per heavy atom. The lowest BCUT2D eigenvalue weighted by atomic mass is 10.2. The first-order valence-electron chi connectivity index (χ1n) is 8.96. The van der Waals surface area contributed by atoms with Crippen molar-refractivity contribution in [3.8, 4) is 5.75 Å². The molecule has 0 aromatic heterocycles. The van der Waals surface area contributed by atoms with E-state index in [1.807, 2.05) is 24.3 Å². The van der Waals surface area contributed by atoms with Gasteiger partial charge in [0, 0.05) is 31.1 Å². The summed E-state index contributed by atoms with van der Waals surface area (Å²) in [6.45, 7) is 3.52. The van der Waals surface area contributed by atoms with Crippen molar-refractivity contribution in [1.29, 1.82) is 0 Å². The normalized spacial score (nSPS) is 13.9. The molecule has 2 aromatic carbocycles. The largest absolute Gasteiger partial charge is 0.495 e. The van der Waals surface area contributed by atoms with E-state index in [2.05, 4.69) is 15.5 Å². The standard InChI is InChI=1S/C20H24ClN3O3/c1-26-19-7-6-15(21)14-17(19)22-9-8-20(25)23-16-4-2-3-5-18(16)24-10-12-27-13-11-24/h2-7,14,22H,8-13H2,1H3,(H,23,25). The highest BCUT2D eigenvalue weighted by Crippen LogP contribution is 2.28. The Morgan fingerprint density at radius 3 is 2.74 bits per heavy atom. The molecule has 0 spiro atoms. The van der Waals surface area contributed by atoms with Gasteiger partial charge in [-0.25, -0.2) is 0 Å². The first kappa shape index (κ1) is 19.3. The third-order valence-electron chi connectivity index (χ3n) is 4.36. The number of hydrogen-bond acceptors (Lipinski definition) is 5. The first-order valence-corrected chi connectivity index (χ1v) is 9.34. The molecular weight excluding hydrogens is 366 g/mol. The lowest BCUT2D eigenvalue weighted by Gasteiger charge is -2.30. The maximum atomic E-state index is 12.4. The minimum atomic E-state index is -0.0517. The molecule has 0 unspecified atom stereocenters. The molecule has 2 N–H and O–H groups in total. The number of nitrogens with one attached hydrogen (secondary N) is 2. The van der Waals surface area contributed by atoms with Crippen LogP contribution >= 0.6 is 11.6 Å². The summed E-state index contributed by atoms with van der Waals surface area (Å²) in [6, 6.07) is 13.2. The minimum absolute atomic E-state index is 0.0517. The van der Waals surface area contributed by atoms with Crippen molar-refractivity contribution in [2.24, 2.45) is 0 Å². The summed E-state index contributed by atoms with van der Waals surface area (Å²) < 4.78 is 10.7. The van der Waals surface area contributed by atoms with Gasteiger partial charge in [-0.15, -0.1) is 0 Å². The number of carbonyl (C=O) groups is 1. The van der Waals surface area contributed by atoms with Crippen molar-refractivity contribution >= 4 is 34.6 Å². The van der Waals surface area contributed by atoms with Gasteiger partial charge in [-0.05, 0) is 30.3 Å². The monoisotopic (exact) mass is 389 g/mol. The van der Waals surface area contributed by atoms with Gasteiger partial charge in [-0.3, -0.25) is 4.79 Å². The highest BCUT2D eigenvalue weighted by atomic mass is 35.5. The SMILES string of the molecule is COc1ccc(Cl)cc1NCCC(=O)Nc1ccccc1N1CCOCC1. The van der Waals surface area contributed by atoms with E-state index in [0.717, 1.165) is 30.2 Å². The second kappa shape index (κ2) is 9.48. The van der Waals surface area contributed by atoms with Crippen molar-refractivity contribution in [2.75, 3.05) is 55.5 Å². The Morgan fingerprint density at radius 1 is 1.19 bits per heavy atom. The second-order valence-electron chi connectivity index (χ2n) is 6.19. The second-order valence-corrected chi connectivity index (χ2v) is 6.62. The fraction of sp³-hybridized carbons (Fsp3) is 0.350. The number of benzene rings is 2. The predicted molar refractivity (Wildman–Crippen MR) is 109 cm³/mol. The van der Waals surface area contributed by atoms with Crippen LogP contribution in [0.5, 0.6) is 5.75 Å². The first-order chi connectivity index (χ1) is 13.2. The van der Waals surface area contributed by atoms with Gasteiger partial charge in [-0.2, -0.15) is 0 Å². The van der Waals surface area contributed by atoms with Gasteiger partial charge in [0.05, 0.1) is 37.4 Å². The van der Waals surface area contributed by atoms with Crippen LogP contribution in [0.15, 0.2) is 42.5 Å². The average Bonchev–Trinajstić information content (AvgIpc) is 2.69. The molecule has 0 atom stereocenters. The molecule has 0 aliphatic carbocycles. The van der Waals surface area contributed by atoms with Crippen LogP contribution in [0.3, 0.4) is 0 Å². The van der Waals surface area contributed by atoms with Gasteiger partial charge >= 0.3 is 0 Å². The summed E-state index contributed by atoms with van der Waals surface area (Å²) in [7, 11) is 1.60. The van der Waals surface area contributed by atoms with Crippen LogP contribution in [0.1, 0.15) is 6.42 Å². The summed E-state index contributed by atoms with van der Waals surface area (Å²) in [4.78, 5) is 14.6. The van der Waals surface area contributed by atoms with E-state index in [9.17, 15) is 4.79 Å². The molecular formula is C20H24ClN3O3.